The number of carboxylic acids is 1. The second kappa shape index (κ2) is 9.45. The molecule has 1 heterocycles. The highest BCUT2D eigenvalue weighted by Gasteiger charge is 2.22. The van der Waals surface area contributed by atoms with Gasteiger partial charge in [0.25, 0.3) is 0 Å². The van der Waals surface area contributed by atoms with Gasteiger partial charge < -0.3 is 9.84 Å². The number of hydrogen-bond donors (Lipinski definition) is 1. The number of carboxylic acid groups (broad SMARTS) is 1. The first-order chi connectivity index (χ1) is 14.2. The standard InChI is InChI=1S/C25H31NO3/c27-25(28)21-11-12-24-22(17-21)16-19-7-6-8-20(15-19)18-26(23-9-2-3-10-23)13-4-1-5-14-29-24/h6-8,11-12,15,17,23H,1-5,9-10,13-14,16,18H2,(H,27,28). The predicted molar refractivity (Wildman–Crippen MR) is 115 cm³/mol. The molecule has 0 amide bonds. The quantitative estimate of drug-likeness (QED) is 0.754. The van der Waals surface area contributed by atoms with Crippen LogP contribution in [0.4, 0.5) is 0 Å². The van der Waals surface area contributed by atoms with Gasteiger partial charge in [-0.05, 0) is 73.5 Å². The number of benzene rings is 2. The van der Waals surface area contributed by atoms with Crippen molar-refractivity contribution in [3.8, 4) is 5.75 Å². The molecule has 0 radical (unpaired) electrons. The lowest BCUT2D eigenvalue weighted by molar-refractivity contribution is 0.0696. The molecule has 1 saturated carbocycles. The summed E-state index contributed by atoms with van der Waals surface area (Å²) >= 11 is 0. The van der Waals surface area contributed by atoms with E-state index in [1.807, 2.05) is 6.07 Å². The molecule has 1 aliphatic heterocycles. The smallest absolute Gasteiger partial charge is 0.335 e. The third-order valence-corrected chi connectivity index (χ3v) is 6.27. The Hall–Kier alpha value is -2.33. The average molecular weight is 394 g/mol. The van der Waals surface area contributed by atoms with Crippen LogP contribution in [0.15, 0.2) is 42.5 Å². The average Bonchev–Trinajstić information content (AvgIpc) is 3.25. The first kappa shape index (κ1) is 20.0. The molecule has 0 unspecified atom stereocenters. The third-order valence-electron chi connectivity index (χ3n) is 6.27. The van der Waals surface area contributed by atoms with Gasteiger partial charge >= 0.3 is 5.97 Å². The number of carbonyl (C=O) groups is 1. The fourth-order valence-electron chi connectivity index (χ4n) is 4.72. The highest BCUT2D eigenvalue weighted by molar-refractivity contribution is 5.88. The Morgan fingerprint density at radius 3 is 2.62 bits per heavy atom. The fraction of sp³-hybridized carbons (Fsp3) is 0.480. The second-order valence-corrected chi connectivity index (χ2v) is 8.44. The van der Waals surface area contributed by atoms with Crippen LogP contribution >= 0.6 is 0 Å². The van der Waals surface area contributed by atoms with E-state index in [1.54, 1.807) is 12.1 Å². The lowest BCUT2D eigenvalue weighted by Crippen LogP contribution is -2.33. The van der Waals surface area contributed by atoms with Crippen molar-refractivity contribution < 1.29 is 14.6 Å². The maximum absolute atomic E-state index is 11.4. The van der Waals surface area contributed by atoms with E-state index in [9.17, 15) is 9.90 Å². The summed E-state index contributed by atoms with van der Waals surface area (Å²) in [6, 6.07) is 14.7. The zero-order chi connectivity index (χ0) is 20.1. The zero-order valence-corrected chi connectivity index (χ0v) is 17.1. The van der Waals surface area contributed by atoms with Gasteiger partial charge in [-0.1, -0.05) is 37.1 Å². The first-order valence-electron chi connectivity index (χ1n) is 11.0. The van der Waals surface area contributed by atoms with Gasteiger partial charge in [0.05, 0.1) is 12.2 Å². The summed E-state index contributed by atoms with van der Waals surface area (Å²) < 4.78 is 6.06. The van der Waals surface area contributed by atoms with Crippen LogP contribution in [0.5, 0.6) is 5.75 Å². The normalized spacial score (nSPS) is 19.2. The summed E-state index contributed by atoms with van der Waals surface area (Å²) in [4.78, 5) is 14.1. The molecule has 0 aromatic heterocycles. The Labute approximate surface area is 173 Å². The molecule has 0 spiro atoms. The number of rotatable bonds is 2. The topological polar surface area (TPSA) is 49.8 Å². The molecular weight excluding hydrogens is 362 g/mol. The maximum Gasteiger partial charge on any atom is 0.335 e. The number of hydrogen-bond acceptors (Lipinski definition) is 3. The van der Waals surface area contributed by atoms with Crippen LogP contribution in [0.2, 0.25) is 0 Å². The van der Waals surface area contributed by atoms with Crippen LogP contribution in [-0.4, -0.2) is 35.2 Å². The van der Waals surface area contributed by atoms with E-state index in [0.29, 0.717) is 18.6 Å². The van der Waals surface area contributed by atoms with Crippen LogP contribution in [0.1, 0.15) is 72.0 Å². The summed E-state index contributed by atoms with van der Waals surface area (Å²) in [5.41, 5.74) is 3.82. The maximum atomic E-state index is 11.4. The Balaban J connectivity index is 1.62. The molecule has 2 aliphatic rings. The van der Waals surface area contributed by atoms with Crippen molar-refractivity contribution in [1.29, 1.82) is 0 Å². The summed E-state index contributed by atoms with van der Waals surface area (Å²) in [6.07, 6.45) is 9.45. The fourth-order valence-corrected chi connectivity index (χ4v) is 4.72. The van der Waals surface area contributed by atoms with Crippen molar-refractivity contribution >= 4 is 5.97 Å². The van der Waals surface area contributed by atoms with Gasteiger partial charge in [-0.2, -0.15) is 0 Å². The van der Waals surface area contributed by atoms with Crippen molar-refractivity contribution in [2.75, 3.05) is 13.2 Å². The van der Waals surface area contributed by atoms with Crippen molar-refractivity contribution in [1.82, 2.24) is 4.90 Å². The lowest BCUT2D eigenvalue weighted by Gasteiger charge is -2.29. The van der Waals surface area contributed by atoms with Crippen LogP contribution in [0.25, 0.3) is 0 Å². The molecule has 0 atom stereocenters. The van der Waals surface area contributed by atoms with Crippen LogP contribution in [0, 0.1) is 0 Å². The van der Waals surface area contributed by atoms with Gasteiger partial charge in [0.1, 0.15) is 5.75 Å². The SMILES string of the molecule is O=C(O)c1ccc2c(c1)Cc1cccc(c1)CN(C1CCCC1)CCCCCO2. The molecule has 2 bridgehead atoms. The molecule has 4 nitrogen and oxygen atoms in total. The van der Waals surface area contributed by atoms with Crippen LogP contribution in [0.3, 0.4) is 0 Å². The second-order valence-electron chi connectivity index (χ2n) is 8.44. The molecule has 2 aromatic carbocycles. The van der Waals surface area contributed by atoms with E-state index in [1.165, 1.54) is 43.2 Å². The van der Waals surface area contributed by atoms with Gasteiger partial charge in [-0.15, -0.1) is 0 Å². The van der Waals surface area contributed by atoms with Gasteiger partial charge in [0, 0.05) is 19.0 Å². The first-order valence-corrected chi connectivity index (χ1v) is 11.0. The van der Waals surface area contributed by atoms with Gasteiger partial charge in [-0.25, -0.2) is 4.79 Å². The monoisotopic (exact) mass is 393 g/mol. The van der Waals surface area contributed by atoms with Gasteiger partial charge in [0.15, 0.2) is 0 Å². The van der Waals surface area contributed by atoms with Crippen LogP contribution in [-0.2, 0) is 13.0 Å². The summed E-state index contributed by atoms with van der Waals surface area (Å²) in [5, 5.41) is 9.39. The molecule has 1 fully saturated rings. The summed E-state index contributed by atoms with van der Waals surface area (Å²) in [5.74, 6) is -0.0850. The molecule has 4 rings (SSSR count). The van der Waals surface area contributed by atoms with Crippen molar-refractivity contribution in [2.45, 2.75) is 64.0 Å². The van der Waals surface area contributed by atoms with E-state index >= 15 is 0 Å². The largest absolute Gasteiger partial charge is 0.493 e. The number of aromatic carboxylic acids is 1. The minimum absolute atomic E-state index is 0.317. The predicted octanol–water partition coefficient (Wildman–Crippen LogP) is 5.28. The van der Waals surface area contributed by atoms with Gasteiger partial charge in [-0.3, -0.25) is 4.90 Å². The Morgan fingerprint density at radius 1 is 0.966 bits per heavy atom. The van der Waals surface area contributed by atoms with Crippen molar-refractivity contribution in [3.63, 3.8) is 0 Å². The molecule has 29 heavy (non-hydrogen) atoms. The van der Waals surface area contributed by atoms with E-state index < -0.39 is 5.97 Å². The minimum atomic E-state index is -0.895. The minimum Gasteiger partial charge on any atom is -0.493 e. The van der Waals surface area contributed by atoms with Crippen molar-refractivity contribution in [3.05, 3.63) is 64.7 Å². The molecule has 0 saturated heterocycles. The molecule has 4 heteroatoms. The highest BCUT2D eigenvalue weighted by Crippen LogP contribution is 2.28. The highest BCUT2D eigenvalue weighted by atomic mass is 16.5. The molecule has 154 valence electrons. The zero-order valence-electron chi connectivity index (χ0n) is 17.1. The molecule has 1 N–H and O–H groups in total. The molecule has 2 aromatic rings. The van der Waals surface area contributed by atoms with E-state index in [4.69, 9.17) is 4.74 Å². The van der Waals surface area contributed by atoms with Gasteiger partial charge in [0.2, 0.25) is 0 Å². The van der Waals surface area contributed by atoms with E-state index in [2.05, 4.69) is 29.2 Å². The van der Waals surface area contributed by atoms with E-state index in [-0.39, 0.29) is 0 Å². The third kappa shape index (κ3) is 5.18. The Bertz CT molecular complexity index is 842. The molecule has 1 aliphatic carbocycles. The van der Waals surface area contributed by atoms with E-state index in [0.717, 1.165) is 43.3 Å². The van der Waals surface area contributed by atoms with Crippen LogP contribution < -0.4 is 4.74 Å². The Morgan fingerprint density at radius 2 is 1.79 bits per heavy atom. The summed E-state index contributed by atoms with van der Waals surface area (Å²) in [6.45, 7) is 2.85. The van der Waals surface area contributed by atoms with Crippen molar-refractivity contribution in [2.24, 2.45) is 0 Å². The summed E-state index contributed by atoms with van der Waals surface area (Å²) in [7, 11) is 0. The lowest BCUT2D eigenvalue weighted by atomic mass is 9.99. The Kier molecular flexibility index (Phi) is 6.50. The number of ether oxygens (including phenoxy) is 1. The number of fused-ring (bicyclic) bond motifs is 3. The number of nitrogens with zero attached hydrogens (tertiary/aromatic N) is 1. The molecular formula is C25H31NO3.